The lowest BCUT2D eigenvalue weighted by Gasteiger charge is -2.27. The minimum Gasteiger partial charge on any atom is -0.466 e. The van der Waals surface area contributed by atoms with Crippen LogP contribution in [-0.2, 0) is 19.1 Å². The summed E-state index contributed by atoms with van der Waals surface area (Å²) < 4.78 is 23.4. The first-order valence-electron chi connectivity index (χ1n) is 6.96. The number of amides is 1. The molecule has 1 heterocycles. The second-order valence-corrected chi connectivity index (χ2v) is 5.93. The largest absolute Gasteiger partial charge is 0.466 e. The van der Waals surface area contributed by atoms with Gasteiger partial charge in [-0.3, -0.25) is 14.5 Å². The third-order valence-electron chi connectivity index (χ3n) is 2.87. The Hall–Kier alpha value is -1.66. The van der Waals surface area contributed by atoms with E-state index in [-0.39, 0.29) is 19.6 Å². The number of Topliss-reactive ketones (excluding diaryl/α,β-unsaturated/α-hetero) is 1. The molecule has 1 aliphatic rings. The van der Waals surface area contributed by atoms with E-state index < -0.39 is 42.1 Å². The highest BCUT2D eigenvalue weighted by molar-refractivity contribution is 5.99. The number of carbonyl (C=O) groups is 3. The minimum absolute atomic E-state index is 0.114. The molecule has 120 valence electrons. The molecule has 2 atom stereocenters. The Balaban J connectivity index is 2.72. The van der Waals surface area contributed by atoms with Gasteiger partial charge in [0.1, 0.15) is 18.2 Å². The fraction of sp³-hybridized carbons (Fsp3) is 0.786. The molecule has 0 N–H and O–H groups in total. The summed E-state index contributed by atoms with van der Waals surface area (Å²) >= 11 is 0. The summed E-state index contributed by atoms with van der Waals surface area (Å²) in [4.78, 5) is 36.4. The third-order valence-corrected chi connectivity index (χ3v) is 2.87. The van der Waals surface area contributed by atoms with Gasteiger partial charge in [0.2, 0.25) is 0 Å². The fourth-order valence-corrected chi connectivity index (χ4v) is 2.08. The Labute approximate surface area is 123 Å². The predicted molar refractivity (Wildman–Crippen MR) is 72.5 cm³/mol. The third kappa shape index (κ3) is 5.32. The van der Waals surface area contributed by atoms with Crippen LogP contribution < -0.4 is 0 Å². The Bertz CT molecular complexity index is 418. The van der Waals surface area contributed by atoms with E-state index in [1.807, 2.05) is 0 Å². The molecule has 0 radical (unpaired) electrons. The number of ketones is 1. The van der Waals surface area contributed by atoms with Crippen LogP contribution in [0, 0.1) is 0 Å². The van der Waals surface area contributed by atoms with Crippen molar-refractivity contribution in [2.75, 3.05) is 13.2 Å². The average Bonchev–Trinajstić information content (AvgIpc) is 2.69. The fourth-order valence-electron chi connectivity index (χ4n) is 2.08. The van der Waals surface area contributed by atoms with Gasteiger partial charge in [0, 0.05) is 6.42 Å². The van der Waals surface area contributed by atoms with E-state index >= 15 is 0 Å². The van der Waals surface area contributed by atoms with Crippen LogP contribution in [0.4, 0.5) is 9.18 Å². The zero-order valence-electron chi connectivity index (χ0n) is 12.8. The maximum Gasteiger partial charge on any atom is 0.411 e. The molecule has 1 fully saturated rings. The van der Waals surface area contributed by atoms with Crippen LogP contribution >= 0.6 is 0 Å². The van der Waals surface area contributed by atoms with Gasteiger partial charge in [0.25, 0.3) is 0 Å². The van der Waals surface area contributed by atoms with Crippen molar-refractivity contribution in [3.63, 3.8) is 0 Å². The van der Waals surface area contributed by atoms with Gasteiger partial charge in [-0.05, 0) is 27.7 Å². The van der Waals surface area contributed by atoms with Crippen molar-refractivity contribution in [2.45, 2.75) is 58.4 Å². The number of esters is 1. The molecule has 6 nitrogen and oxygen atoms in total. The normalized spacial score (nSPS) is 22.0. The smallest absolute Gasteiger partial charge is 0.411 e. The first-order valence-corrected chi connectivity index (χ1v) is 6.96. The lowest BCUT2D eigenvalue weighted by atomic mass is 10.1. The first-order chi connectivity index (χ1) is 9.64. The van der Waals surface area contributed by atoms with Crippen molar-refractivity contribution in [2.24, 2.45) is 0 Å². The van der Waals surface area contributed by atoms with Gasteiger partial charge in [-0.1, -0.05) is 0 Å². The molecule has 0 saturated carbocycles. The highest BCUT2D eigenvalue weighted by Gasteiger charge is 2.41. The standard InChI is InChI=1S/C14H22FNO5/c1-5-20-12(18)7-11(17)10-6-9(15)8-16(10)13(19)21-14(2,3)4/h9-10H,5-8H2,1-4H3/t9-,10-/m1/s1. The van der Waals surface area contributed by atoms with E-state index in [0.717, 1.165) is 4.90 Å². The summed E-state index contributed by atoms with van der Waals surface area (Å²) in [6, 6.07) is -0.973. The number of carbonyl (C=O) groups excluding carboxylic acids is 3. The molecule has 7 heteroatoms. The van der Waals surface area contributed by atoms with E-state index in [4.69, 9.17) is 4.74 Å². The Morgan fingerprint density at radius 1 is 1.29 bits per heavy atom. The van der Waals surface area contributed by atoms with Gasteiger partial charge in [-0.25, -0.2) is 9.18 Å². The molecule has 1 aliphatic heterocycles. The molecule has 0 aromatic carbocycles. The Kier molecular flexibility index (Phi) is 5.69. The van der Waals surface area contributed by atoms with Crippen LogP contribution in [0.5, 0.6) is 0 Å². The highest BCUT2D eigenvalue weighted by atomic mass is 19.1. The van der Waals surface area contributed by atoms with Gasteiger partial charge in [-0.15, -0.1) is 0 Å². The van der Waals surface area contributed by atoms with Crippen LogP contribution in [-0.4, -0.2) is 53.7 Å². The molecular formula is C14H22FNO5. The molecule has 1 amide bonds. The van der Waals surface area contributed by atoms with Gasteiger partial charge in [-0.2, -0.15) is 0 Å². The molecule has 0 aromatic heterocycles. The summed E-state index contributed by atoms with van der Waals surface area (Å²) in [5.41, 5.74) is -0.736. The zero-order chi connectivity index (χ0) is 16.2. The number of hydrogen-bond acceptors (Lipinski definition) is 5. The summed E-state index contributed by atoms with van der Waals surface area (Å²) in [5, 5.41) is 0. The molecule has 0 unspecified atom stereocenters. The number of alkyl halides is 1. The average molecular weight is 303 g/mol. The van der Waals surface area contributed by atoms with Crippen LogP contribution in [0.1, 0.15) is 40.5 Å². The maximum absolute atomic E-state index is 13.5. The van der Waals surface area contributed by atoms with E-state index in [2.05, 4.69) is 4.74 Å². The van der Waals surface area contributed by atoms with E-state index in [1.54, 1.807) is 27.7 Å². The lowest BCUT2D eigenvalue weighted by molar-refractivity contribution is -0.146. The summed E-state index contributed by atoms with van der Waals surface area (Å²) in [7, 11) is 0. The monoisotopic (exact) mass is 303 g/mol. The van der Waals surface area contributed by atoms with Crippen LogP contribution in [0.3, 0.4) is 0 Å². The van der Waals surface area contributed by atoms with Crippen LogP contribution in [0.25, 0.3) is 0 Å². The number of ether oxygens (including phenoxy) is 2. The van der Waals surface area contributed by atoms with Gasteiger partial charge in [0.15, 0.2) is 5.78 Å². The molecule has 0 aliphatic carbocycles. The summed E-state index contributed by atoms with van der Waals surface area (Å²) in [5.74, 6) is -1.20. The van der Waals surface area contributed by atoms with Gasteiger partial charge >= 0.3 is 12.1 Å². The summed E-state index contributed by atoms with van der Waals surface area (Å²) in [6.07, 6.45) is -2.62. The van der Waals surface area contributed by atoms with Crippen LogP contribution in [0.15, 0.2) is 0 Å². The highest BCUT2D eigenvalue weighted by Crippen LogP contribution is 2.24. The number of hydrogen-bond donors (Lipinski definition) is 0. The summed E-state index contributed by atoms with van der Waals surface area (Å²) in [6.45, 7) is 6.64. The molecule has 0 bridgehead atoms. The van der Waals surface area contributed by atoms with Crippen molar-refractivity contribution in [1.82, 2.24) is 4.90 Å². The molecular weight excluding hydrogens is 281 g/mol. The van der Waals surface area contributed by atoms with Crippen molar-refractivity contribution in [3.05, 3.63) is 0 Å². The second-order valence-electron chi connectivity index (χ2n) is 5.93. The predicted octanol–water partition coefficient (Wildman–Crippen LogP) is 1.86. The number of nitrogens with zero attached hydrogens (tertiary/aromatic N) is 1. The van der Waals surface area contributed by atoms with E-state index in [0.29, 0.717) is 0 Å². The molecule has 0 aromatic rings. The first kappa shape index (κ1) is 17.4. The van der Waals surface area contributed by atoms with Crippen molar-refractivity contribution in [3.8, 4) is 0 Å². The van der Waals surface area contributed by atoms with E-state index in [9.17, 15) is 18.8 Å². The van der Waals surface area contributed by atoms with Crippen molar-refractivity contribution in [1.29, 1.82) is 0 Å². The lowest BCUT2D eigenvalue weighted by Crippen LogP contribution is -2.44. The molecule has 21 heavy (non-hydrogen) atoms. The van der Waals surface area contributed by atoms with Crippen LogP contribution in [0.2, 0.25) is 0 Å². The molecule has 1 rings (SSSR count). The number of halogens is 1. The zero-order valence-corrected chi connectivity index (χ0v) is 12.8. The van der Waals surface area contributed by atoms with Crippen molar-refractivity contribution >= 4 is 17.8 Å². The van der Waals surface area contributed by atoms with E-state index in [1.165, 1.54) is 0 Å². The quantitative estimate of drug-likeness (QED) is 0.585. The second kappa shape index (κ2) is 6.87. The van der Waals surface area contributed by atoms with Crippen molar-refractivity contribution < 1.29 is 28.2 Å². The SMILES string of the molecule is CCOC(=O)CC(=O)[C@H]1C[C@@H](F)CN1C(=O)OC(C)(C)C. The topological polar surface area (TPSA) is 72.9 Å². The number of rotatable bonds is 4. The molecule has 0 spiro atoms. The van der Waals surface area contributed by atoms with Gasteiger partial charge in [0.05, 0.1) is 19.2 Å². The molecule has 1 saturated heterocycles. The maximum atomic E-state index is 13.5. The number of likely N-dealkylation sites (tertiary alicyclic amines) is 1. The Morgan fingerprint density at radius 2 is 1.90 bits per heavy atom. The Morgan fingerprint density at radius 3 is 2.43 bits per heavy atom. The minimum atomic E-state index is -1.30. The van der Waals surface area contributed by atoms with Gasteiger partial charge < -0.3 is 9.47 Å².